The predicted molar refractivity (Wildman–Crippen MR) is 113 cm³/mol. The fourth-order valence-corrected chi connectivity index (χ4v) is 3.15. The summed E-state index contributed by atoms with van der Waals surface area (Å²) in [4.78, 5) is 4.66. The molecule has 0 unspecified atom stereocenters. The van der Waals surface area contributed by atoms with Gasteiger partial charge < -0.3 is 15.2 Å². The Morgan fingerprint density at radius 2 is 2.00 bits per heavy atom. The normalized spacial score (nSPS) is 13.9. The second-order valence-electron chi connectivity index (χ2n) is 6.23. The van der Waals surface area contributed by atoms with Crippen LogP contribution < -0.4 is 10.6 Å². The van der Waals surface area contributed by atoms with Gasteiger partial charge in [0.2, 0.25) is 0 Å². The van der Waals surface area contributed by atoms with Gasteiger partial charge >= 0.3 is 0 Å². The maximum atomic E-state index is 4.66. The quantitative estimate of drug-likeness (QED) is 0.326. The lowest BCUT2D eigenvalue weighted by molar-refractivity contribution is 0.508. The number of hydrogen-bond donors (Lipinski definition) is 2. The van der Waals surface area contributed by atoms with E-state index in [1.165, 1.54) is 12.8 Å². The number of halogens is 1. The fourth-order valence-electron chi connectivity index (χ4n) is 3.15. The summed E-state index contributed by atoms with van der Waals surface area (Å²) < 4.78 is 4.16. The average molecular weight is 481 g/mol. The number of aryl methyl sites for hydroxylation is 1. The van der Waals surface area contributed by atoms with Crippen molar-refractivity contribution in [3.05, 3.63) is 41.9 Å². The van der Waals surface area contributed by atoms with Crippen LogP contribution in [0.2, 0.25) is 0 Å². The molecule has 0 aromatic carbocycles. The van der Waals surface area contributed by atoms with Gasteiger partial charge in [0.15, 0.2) is 23.3 Å². The third-order valence-corrected chi connectivity index (χ3v) is 4.46. The van der Waals surface area contributed by atoms with E-state index < -0.39 is 0 Å². The molecule has 0 bridgehead atoms. The van der Waals surface area contributed by atoms with E-state index in [4.69, 9.17) is 0 Å². The van der Waals surface area contributed by atoms with Crippen molar-refractivity contribution in [2.75, 3.05) is 6.54 Å². The van der Waals surface area contributed by atoms with Crippen molar-refractivity contribution in [1.29, 1.82) is 0 Å². The molecule has 0 saturated carbocycles. The van der Waals surface area contributed by atoms with Gasteiger partial charge in [-0.2, -0.15) is 0 Å². The third kappa shape index (κ3) is 4.37. The number of pyridine rings is 1. The summed E-state index contributed by atoms with van der Waals surface area (Å²) in [6.07, 6.45) is 5.34. The standard InChI is InChI=1S/C17H23N9.HI/c1-2-18-17(19-11-15-23-21-13-7-3-5-9-25(13)15)20-12-16-24-22-14-8-4-6-10-26(14)16;/h3,5,7,9H,2,4,6,8,10-12H2,1H3,(H2,18,19,20);1H. The van der Waals surface area contributed by atoms with Crippen molar-refractivity contribution < 1.29 is 0 Å². The predicted octanol–water partition coefficient (Wildman–Crippen LogP) is 1.53. The third-order valence-electron chi connectivity index (χ3n) is 4.46. The van der Waals surface area contributed by atoms with Gasteiger partial charge in [-0.25, -0.2) is 4.99 Å². The number of aliphatic imine (C=N–C) groups is 1. The number of aromatic nitrogens is 6. The number of hydrogen-bond acceptors (Lipinski definition) is 5. The first-order chi connectivity index (χ1) is 12.8. The number of nitrogens with zero attached hydrogens (tertiary/aromatic N) is 7. The second-order valence-corrected chi connectivity index (χ2v) is 6.23. The first kappa shape index (κ1) is 19.5. The van der Waals surface area contributed by atoms with E-state index in [1.54, 1.807) is 0 Å². The summed E-state index contributed by atoms with van der Waals surface area (Å²) in [7, 11) is 0. The van der Waals surface area contributed by atoms with E-state index in [1.807, 2.05) is 35.7 Å². The van der Waals surface area contributed by atoms with Crippen LogP contribution >= 0.6 is 24.0 Å². The maximum absolute atomic E-state index is 4.66. The van der Waals surface area contributed by atoms with E-state index >= 15 is 0 Å². The zero-order valence-electron chi connectivity index (χ0n) is 15.3. The van der Waals surface area contributed by atoms with E-state index in [9.17, 15) is 0 Å². The Labute approximate surface area is 174 Å². The van der Waals surface area contributed by atoms with E-state index in [0.717, 1.165) is 48.6 Å². The highest BCUT2D eigenvalue weighted by atomic mass is 127. The summed E-state index contributed by atoms with van der Waals surface area (Å²) in [5.74, 6) is 3.57. The number of rotatable bonds is 5. The molecule has 27 heavy (non-hydrogen) atoms. The number of nitrogens with one attached hydrogen (secondary N) is 2. The van der Waals surface area contributed by atoms with Gasteiger partial charge in [0.25, 0.3) is 0 Å². The van der Waals surface area contributed by atoms with Crippen molar-refractivity contribution in [3.8, 4) is 0 Å². The molecule has 0 amide bonds. The van der Waals surface area contributed by atoms with Crippen molar-refractivity contribution >= 4 is 35.6 Å². The summed E-state index contributed by atoms with van der Waals surface area (Å²) in [6, 6.07) is 5.85. The molecule has 144 valence electrons. The average Bonchev–Trinajstić information content (AvgIpc) is 3.28. The Morgan fingerprint density at radius 1 is 1.11 bits per heavy atom. The minimum atomic E-state index is 0. The van der Waals surface area contributed by atoms with Crippen LogP contribution in [0.25, 0.3) is 5.65 Å². The maximum Gasteiger partial charge on any atom is 0.192 e. The SMILES string of the molecule is CCNC(=NCc1nnc2n1CCCC2)NCc1nnc2ccccn12.I. The van der Waals surface area contributed by atoms with Crippen molar-refractivity contribution in [3.63, 3.8) is 0 Å². The molecular formula is C17H24IN9. The Morgan fingerprint density at radius 3 is 2.89 bits per heavy atom. The summed E-state index contributed by atoms with van der Waals surface area (Å²) in [5.41, 5.74) is 0.835. The minimum absolute atomic E-state index is 0. The van der Waals surface area contributed by atoms with Crippen LogP contribution in [-0.4, -0.2) is 41.9 Å². The van der Waals surface area contributed by atoms with Crippen LogP contribution in [0, 0.1) is 0 Å². The van der Waals surface area contributed by atoms with Gasteiger partial charge in [-0.05, 0) is 31.9 Å². The number of guanidine groups is 1. The lowest BCUT2D eigenvalue weighted by atomic mass is 10.2. The smallest absolute Gasteiger partial charge is 0.192 e. The highest BCUT2D eigenvalue weighted by Gasteiger charge is 2.15. The molecule has 0 fully saturated rings. The van der Waals surface area contributed by atoms with Gasteiger partial charge in [0.1, 0.15) is 12.4 Å². The second kappa shape index (κ2) is 9.11. The first-order valence-corrected chi connectivity index (χ1v) is 9.07. The van der Waals surface area contributed by atoms with E-state index in [-0.39, 0.29) is 24.0 Å². The molecule has 4 heterocycles. The Balaban J connectivity index is 0.00000210. The molecular weight excluding hydrogens is 457 g/mol. The van der Waals surface area contributed by atoms with E-state index in [2.05, 4.69) is 40.6 Å². The van der Waals surface area contributed by atoms with Gasteiger partial charge in [-0.3, -0.25) is 4.40 Å². The molecule has 9 nitrogen and oxygen atoms in total. The number of fused-ring (bicyclic) bond motifs is 2. The van der Waals surface area contributed by atoms with Crippen LogP contribution in [0.1, 0.15) is 37.2 Å². The molecule has 1 aliphatic heterocycles. The Hall–Kier alpha value is -2.24. The van der Waals surface area contributed by atoms with Crippen molar-refractivity contribution in [2.45, 2.75) is 45.8 Å². The molecule has 0 radical (unpaired) electrons. The first-order valence-electron chi connectivity index (χ1n) is 9.07. The van der Waals surface area contributed by atoms with Crippen molar-refractivity contribution in [2.24, 2.45) is 4.99 Å². The van der Waals surface area contributed by atoms with Crippen LogP contribution in [0.4, 0.5) is 0 Å². The summed E-state index contributed by atoms with van der Waals surface area (Å²) in [5, 5.41) is 23.6. The van der Waals surface area contributed by atoms with Gasteiger partial charge in [0.05, 0.1) is 6.54 Å². The van der Waals surface area contributed by atoms with E-state index in [0.29, 0.717) is 13.1 Å². The van der Waals surface area contributed by atoms with Gasteiger partial charge in [0, 0.05) is 25.7 Å². The zero-order valence-corrected chi connectivity index (χ0v) is 17.6. The minimum Gasteiger partial charge on any atom is -0.357 e. The lowest BCUT2D eigenvalue weighted by Crippen LogP contribution is -2.37. The van der Waals surface area contributed by atoms with Crippen LogP contribution in [0.15, 0.2) is 29.4 Å². The zero-order chi connectivity index (χ0) is 17.8. The topological polar surface area (TPSA) is 97.3 Å². The molecule has 1 aliphatic rings. The largest absolute Gasteiger partial charge is 0.357 e. The van der Waals surface area contributed by atoms with Gasteiger partial charge in [-0.1, -0.05) is 6.07 Å². The molecule has 2 N–H and O–H groups in total. The highest BCUT2D eigenvalue weighted by Crippen LogP contribution is 2.14. The molecule has 4 rings (SSSR count). The highest BCUT2D eigenvalue weighted by molar-refractivity contribution is 14.0. The Kier molecular flexibility index (Phi) is 6.58. The van der Waals surface area contributed by atoms with Crippen molar-refractivity contribution in [1.82, 2.24) is 40.0 Å². The molecule has 0 atom stereocenters. The molecule has 3 aromatic heterocycles. The summed E-state index contributed by atoms with van der Waals surface area (Å²) in [6.45, 7) is 4.85. The Bertz CT molecular complexity index is 914. The molecule has 0 saturated heterocycles. The fraction of sp³-hybridized carbons (Fsp3) is 0.471. The molecule has 10 heteroatoms. The van der Waals surface area contributed by atoms with Crippen LogP contribution in [0.3, 0.4) is 0 Å². The molecule has 0 spiro atoms. The molecule has 3 aromatic rings. The monoisotopic (exact) mass is 481 g/mol. The van der Waals surface area contributed by atoms with Crippen LogP contribution in [0.5, 0.6) is 0 Å². The summed E-state index contributed by atoms with van der Waals surface area (Å²) >= 11 is 0. The molecule has 0 aliphatic carbocycles. The van der Waals surface area contributed by atoms with Gasteiger partial charge in [-0.15, -0.1) is 44.4 Å². The lowest BCUT2D eigenvalue weighted by Gasteiger charge is -2.14. The van der Waals surface area contributed by atoms with Crippen LogP contribution in [-0.2, 0) is 26.1 Å².